The Morgan fingerprint density at radius 2 is 2.12 bits per heavy atom. The van der Waals surface area contributed by atoms with Gasteiger partial charge in [-0.15, -0.1) is 6.58 Å². The Balaban J connectivity index is 3.53. The highest BCUT2D eigenvalue weighted by molar-refractivity contribution is 4.92. The Hall–Kier alpha value is -0.260. The minimum absolute atomic E-state index is 0.106. The van der Waals surface area contributed by atoms with E-state index in [9.17, 15) is 0 Å². The van der Waals surface area contributed by atoms with Gasteiger partial charge in [-0.1, -0.05) is 26.3 Å². The molecule has 1 radical (unpaired) electrons. The Labute approximate surface area is 52.6 Å². The summed E-state index contributed by atoms with van der Waals surface area (Å²) in [5.74, 6) is 0. The third-order valence-corrected chi connectivity index (χ3v) is 1.31. The zero-order valence-corrected chi connectivity index (χ0v) is 5.91. The molecule has 0 saturated heterocycles. The van der Waals surface area contributed by atoms with Crippen molar-refractivity contribution >= 4 is 0 Å². The highest BCUT2D eigenvalue weighted by Gasteiger charge is 2.09. The van der Waals surface area contributed by atoms with Gasteiger partial charge in [0, 0.05) is 0 Å². The van der Waals surface area contributed by atoms with Crippen LogP contribution in [-0.2, 0) is 0 Å². The van der Waals surface area contributed by atoms with Crippen molar-refractivity contribution in [1.29, 1.82) is 0 Å². The van der Waals surface area contributed by atoms with Gasteiger partial charge in [-0.3, -0.25) is 0 Å². The summed E-state index contributed by atoms with van der Waals surface area (Å²) in [4.78, 5) is 0. The van der Waals surface area contributed by atoms with Crippen molar-refractivity contribution in [3.8, 4) is 0 Å². The first-order chi connectivity index (χ1) is 3.62. The van der Waals surface area contributed by atoms with Gasteiger partial charge in [0.05, 0.1) is 0 Å². The van der Waals surface area contributed by atoms with E-state index in [1.807, 2.05) is 6.08 Å². The van der Waals surface area contributed by atoms with Crippen LogP contribution in [0, 0.1) is 12.3 Å². The van der Waals surface area contributed by atoms with Crippen LogP contribution in [-0.4, -0.2) is 0 Å². The summed E-state index contributed by atoms with van der Waals surface area (Å²) < 4.78 is 0. The van der Waals surface area contributed by atoms with Crippen LogP contribution in [0.5, 0.6) is 0 Å². The summed E-state index contributed by atoms with van der Waals surface area (Å²) in [6, 6.07) is 0. The molecule has 47 valence electrons. The SMILES string of the molecule is [CH2]C(C)(C=C)CCC. The van der Waals surface area contributed by atoms with E-state index in [1.54, 1.807) is 0 Å². The summed E-state index contributed by atoms with van der Waals surface area (Å²) >= 11 is 0. The van der Waals surface area contributed by atoms with Gasteiger partial charge >= 0.3 is 0 Å². The van der Waals surface area contributed by atoms with Crippen LogP contribution >= 0.6 is 0 Å². The highest BCUT2D eigenvalue weighted by Crippen LogP contribution is 2.21. The maximum absolute atomic E-state index is 3.96. The van der Waals surface area contributed by atoms with E-state index in [-0.39, 0.29) is 5.41 Å². The second kappa shape index (κ2) is 2.91. The molecule has 0 aliphatic rings. The highest BCUT2D eigenvalue weighted by atomic mass is 14.1. The van der Waals surface area contributed by atoms with Crippen molar-refractivity contribution in [3.05, 3.63) is 19.6 Å². The standard InChI is InChI=1S/C8H15/c1-5-7-8(3,4)6-2/h6H,2-3,5,7H2,1,4H3. The second-order valence-corrected chi connectivity index (χ2v) is 2.61. The van der Waals surface area contributed by atoms with Crippen LogP contribution in [0.15, 0.2) is 12.7 Å². The van der Waals surface area contributed by atoms with Crippen molar-refractivity contribution in [3.63, 3.8) is 0 Å². The Morgan fingerprint density at radius 3 is 2.25 bits per heavy atom. The van der Waals surface area contributed by atoms with Crippen LogP contribution in [0.25, 0.3) is 0 Å². The first-order valence-electron chi connectivity index (χ1n) is 3.11. The average molecular weight is 111 g/mol. The van der Waals surface area contributed by atoms with E-state index in [0.29, 0.717) is 0 Å². The predicted octanol–water partition coefficient (Wildman–Crippen LogP) is 2.81. The predicted molar refractivity (Wildman–Crippen MR) is 38.6 cm³/mol. The topological polar surface area (TPSA) is 0 Å². The summed E-state index contributed by atoms with van der Waals surface area (Å²) in [6.07, 6.45) is 4.24. The molecule has 0 aromatic rings. The number of hydrogen-bond acceptors (Lipinski definition) is 0. The largest absolute Gasteiger partial charge is 0.103 e. The van der Waals surface area contributed by atoms with Crippen molar-refractivity contribution in [2.75, 3.05) is 0 Å². The molecule has 0 N–H and O–H groups in total. The lowest BCUT2D eigenvalue weighted by atomic mass is 9.89. The molecule has 0 nitrogen and oxygen atoms in total. The molecule has 0 aliphatic carbocycles. The second-order valence-electron chi connectivity index (χ2n) is 2.61. The molecule has 0 heteroatoms. The van der Waals surface area contributed by atoms with Crippen LogP contribution in [0.4, 0.5) is 0 Å². The minimum Gasteiger partial charge on any atom is -0.103 e. The fourth-order valence-electron chi connectivity index (χ4n) is 0.673. The maximum Gasteiger partial charge on any atom is -0.0149 e. The van der Waals surface area contributed by atoms with Crippen molar-refractivity contribution in [2.45, 2.75) is 26.7 Å². The van der Waals surface area contributed by atoms with Gasteiger partial charge in [0.1, 0.15) is 0 Å². The maximum atomic E-state index is 3.96. The quantitative estimate of drug-likeness (QED) is 0.491. The summed E-state index contributed by atoms with van der Waals surface area (Å²) in [7, 11) is 0. The Morgan fingerprint density at radius 1 is 1.62 bits per heavy atom. The van der Waals surface area contributed by atoms with E-state index in [4.69, 9.17) is 0 Å². The molecule has 1 atom stereocenters. The van der Waals surface area contributed by atoms with Crippen LogP contribution < -0.4 is 0 Å². The fourth-order valence-corrected chi connectivity index (χ4v) is 0.673. The molecule has 0 heterocycles. The lowest BCUT2D eigenvalue weighted by Crippen LogP contribution is -2.05. The van der Waals surface area contributed by atoms with Gasteiger partial charge in [0.25, 0.3) is 0 Å². The van der Waals surface area contributed by atoms with Gasteiger partial charge in [-0.05, 0) is 18.8 Å². The first-order valence-corrected chi connectivity index (χ1v) is 3.11. The summed E-state index contributed by atoms with van der Waals surface area (Å²) in [6.45, 7) is 11.9. The zero-order valence-electron chi connectivity index (χ0n) is 5.91. The molecule has 0 saturated carbocycles. The molecular weight excluding hydrogens is 96.1 g/mol. The van der Waals surface area contributed by atoms with E-state index in [2.05, 4.69) is 27.4 Å². The van der Waals surface area contributed by atoms with E-state index < -0.39 is 0 Å². The van der Waals surface area contributed by atoms with Gasteiger partial charge in [0.2, 0.25) is 0 Å². The fraction of sp³-hybridized carbons (Fsp3) is 0.625. The minimum atomic E-state index is 0.106. The lowest BCUT2D eigenvalue weighted by molar-refractivity contribution is 0.489. The van der Waals surface area contributed by atoms with Crippen molar-refractivity contribution < 1.29 is 0 Å². The molecule has 0 rings (SSSR count). The molecule has 1 unspecified atom stereocenters. The van der Waals surface area contributed by atoms with E-state index in [0.717, 1.165) is 6.42 Å². The first kappa shape index (κ1) is 7.74. The molecule has 0 spiro atoms. The van der Waals surface area contributed by atoms with Gasteiger partial charge in [-0.2, -0.15) is 0 Å². The lowest BCUT2D eigenvalue weighted by Gasteiger charge is -2.16. The van der Waals surface area contributed by atoms with Gasteiger partial charge in [-0.25, -0.2) is 0 Å². The van der Waals surface area contributed by atoms with E-state index >= 15 is 0 Å². The third-order valence-electron chi connectivity index (χ3n) is 1.31. The molecule has 0 fully saturated rings. The average Bonchev–Trinajstić information content (AvgIpc) is 1.67. The normalized spacial score (nSPS) is 11.4. The molecule has 0 aliphatic heterocycles. The van der Waals surface area contributed by atoms with Crippen molar-refractivity contribution in [1.82, 2.24) is 0 Å². The Bertz CT molecular complexity index is 70.1. The van der Waals surface area contributed by atoms with E-state index in [1.165, 1.54) is 6.42 Å². The molecule has 8 heavy (non-hydrogen) atoms. The summed E-state index contributed by atoms with van der Waals surface area (Å²) in [5.41, 5.74) is 0.106. The van der Waals surface area contributed by atoms with Gasteiger partial charge < -0.3 is 0 Å². The monoisotopic (exact) mass is 111 g/mol. The zero-order chi connectivity index (χ0) is 6.62. The summed E-state index contributed by atoms with van der Waals surface area (Å²) in [5, 5.41) is 0. The third kappa shape index (κ3) is 2.84. The van der Waals surface area contributed by atoms with Crippen LogP contribution in [0.3, 0.4) is 0 Å². The Kier molecular flexibility index (Phi) is 2.81. The van der Waals surface area contributed by atoms with Crippen LogP contribution in [0.1, 0.15) is 26.7 Å². The number of hydrogen-bond donors (Lipinski definition) is 0. The van der Waals surface area contributed by atoms with Crippen LogP contribution in [0.2, 0.25) is 0 Å². The smallest absolute Gasteiger partial charge is 0.0149 e. The number of rotatable bonds is 3. The number of allylic oxidation sites excluding steroid dienone is 1. The van der Waals surface area contributed by atoms with Gasteiger partial charge in [0.15, 0.2) is 0 Å². The molecule has 0 aromatic heterocycles. The molecular formula is C8H15. The molecule has 0 amide bonds. The molecule has 0 bridgehead atoms. The van der Waals surface area contributed by atoms with Crippen molar-refractivity contribution in [2.24, 2.45) is 5.41 Å². The molecule has 0 aromatic carbocycles.